The zero-order valence-corrected chi connectivity index (χ0v) is 16.1. The Hall–Kier alpha value is -2.91. The van der Waals surface area contributed by atoms with E-state index in [1.165, 1.54) is 0 Å². The molecule has 6 nitrogen and oxygen atoms in total. The third-order valence-electron chi connectivity index (χ3n) is 5.88. The minimum atomic E-state index is -0.132. The molecular formula is C22H25N5O. The molecule has 3 N–H and O–H groups in total. The number of carbonyl (C=O) groups is 1. The SMILES string of the molecule is CC1(NC(=O)c2cncc(-c3cccc(C#N)c3)c2N2CC[C@H](N)C2)CCC1. The van der Waals surface area contributed by atoms with Crippen molar-refractivity contribution in [2.75, 3.05) is 18.0 Å². The lowest BCUT2D eigenvalue weighted by Gasteiger charge is -2.39. The fourth-order valence-corrected chi connectivity index (χ4v) is 4.09. The smallest absolute Gasteiger partial charge is 0.255 e. The summed E-state index contributed by atoms with van der Waals surface area (Å²) in [5.74, 6) is -0.0940. The van der Waals surface area contributed by atoms with Gasteiger partial charge in [0.2, 0.25) is 0 Å². The number of nitrogens with two attached hydrogens (primary N) is 1. The van der Waals surface area contributed by atoms with Gasteiger partial charge in [0.25, 0.3) is 5.91 Å². The number of nitrogens with zero attached hydrogens (tertiary/aromatic N) is 3. The number of amides is 1. The quantitative estimate of drug-likeness (QED) is 0.857. The number of hydrogen-bond acceptors (Lipinski definition) is 5. The van der Waals surface area contributed by atoms with Crippen molar-refractivity contribution in [1.29, 1.82) is 5.26 Å². The molecule has 2 aliphatic rings. The first-order chi connectivity index (χ1) is 13.5. The molecule has 1 atom stereocenters. The third kappa shape index (κ3) is 3.46. The van der Waals surface area contributed by atoms with E-state index < -0.39 is 0 Å². The first-order valence-corrected chi connectivity index (χ1v) is 9.81. The predicted molar refractivity (Wildman–Crippen MR) is 109 cm³/mol. The molecule has 1 aliphatic heterocycles. The Labute approximate surface area is 165 Å². The fraction of sp³-hybridized carbons (Fsp3) is 0.409. The Kier molecular flexibility index (Phi) is 4.78. The molecule has 1 amide bonds. The van der Waals surface area contributed by atoms with Gasteiger partial charge in [0, 0.05) is 42.6 Å². The number of aromatic nitrogens is 1. The second kappa shape index (κ2) is 7.25. The van der Waals surface area contributed by atoms with E-state index in [4.69, 9.17) is 5.73 Å². The van der Waals surface area contributed by atoms with E-state index in [0.717, 1.165) is 49.0 Å². The highest BCUT2D eigenvalue weighted by atomic mass is 16.1. The van der Waals surface area contributed by atoms with E-state index in [1.54, 1.807) is 18.5 Å². The number of rotatable bonds is 4. The van der Waals surface area contributed by atoms with Crippen LogP contribution in [0.3, 0.4) is 0 Å². The summed E-state index contributed by atoms with van der Waals surface area (Å²) in [5.41, 5.74) is 9.77. The molecule has 1 saturated heterocycles. The molecule has 1 saturated carbocycles. The molecule has 0 bridgehead atoms. The Morgan fingerprint density at radius 2 is 2.21 bits per heavy atom. The Balaban J connectivity index is 1.79. The van der Waals surface area contributed by atoms with Crippen LogP contribution in [0.1, 0.15) is 48.5 Å². The van der Waals surface area contributed by atoms with E-state index in [9.17, 15) is 10.1 Å². The molecule has 1 aromatic heterocycles. The van der Waals surface area contributed by atoms with Gasteiger partial charge in [0.15, 0.2) is 0 Å². The predicted octanol–water partition coefficient (Wildman–Crippen LogP) is 2.83. The van der Waals surface area contributed by atoms with Crippen LogP contribution in [0.4, 0.5) is 5.69 Å². The summed E-state index contributed by atoms with van der Waals surface area (Å²) in [6, 6.07) is 9.69. The molecule has 0 spiro atoms. The molecule has 1 aromatic carbocycles. The van der Waals surface area contributed by atoms with Crippen molar-refractivity contribution in [3.05, 3.63) is 47.8 Å². The van der Waals surface area contributed by atoms with Crippen LogP contribution in [-0.2, 0) is 0 Å². The van der Waals surface area contributed by atoms with Gasteiger partial charge in [0.05, 0.1) is 22.9 Å². The standard InChI is InChI=1S/C22H25N5O/c1-22(7-3-8-22)26-21(28)19-13-25-12-18(16-5-2-4-15(10-16)11-23)20(19)27-9-6-17(24)14-27/h2,4-5,10,12-13,17H,3,6-9,14,24H2,1H3,(H,26,28)/t17-/m0/s1. The van der Waals surface area contributed by atoms with Crippen LogP contribution in [0.5, 0.6) is 0 Å². The maximum atomic E-state index is 13.2. The van der Waals surface area contributed by atoms with Crippen molar-refractivity contribution in [3.63, 3.8) is 0 Å². The maximum Gasteiger partial charge on any atom is 0.255 e. The lowest BCUT2D eigenvalue weighted by molar-refractivity contribution is 0.0850. The molecule has 2 fully saturated rings. The number of pyridine rings is 1. The molecule has 144 valence electrons. The monoisotopic (exact) mass is 375 g/mol. The highest BCUT2D eigenvalue weighted by Crippen LogP contribution is 2.37. The van der Waals surface area contributed by atoms with Crippen molar-refractivity contribution >= 4 is 11.6 Å². The highest BCUT2D eigenvalue weighted by molar-refractivity contribution is 6.03. The van der Waals surface area contributed by atoms with Crippen molar-refractivity contribution in [1.82, 2.24) is 10.3 Å². The number of hydrogen-bond donors (Lipinski definition) is 2. The second-order valence-electron chi connectivity index (χ2n) is 8.14. The average molecular weight is 375 g/mol. The Morgan fingerprint density at radius 3 is 2.86 bits per heavy atom. The van der Waals surface area contributed by atoms with E-state index in [1.807, 2.05) is 18.2 Å². The minimum Gasteiger partial charge on any atom is -0.369 e. The van der Waals surface area contributed by atoms with Gasteiger partial charge >= 0.3 is 0 Å². The average Bonchev–Trinajstić information content (AvgIpc) is 3.12. The van der Waals surface area contributed by atoms with Crippen LogP contribution >= 0.6 is 0 Å². The summed E-state index contributed by atoms with van der Waals surface area (Å²) in [7, 11) is 0. The van der Waals surface area contributed by atoms with Crippen LogP contribution in [-0.4, -0.2) is 35.6 Å². The van der Waals surface area contributed by atoms with Gasteiger partial charge in [-0.2, -0.15) is 5.26 Å². The number of carbonyl (C=O) groups excluding carboxylic acids is 1. The zero-order chi connectivity index (χ0) is 19.7. The maximum absolute atomic E-state index is 13.2. The lowest BCUT2D eigenvalue weighted by Crippen LogP contribution is -2.51. The lowest BCUT2D eigenvalue weighted by atomic mass is 9.78. The minimum absolute atomic E-state index is 0.0894. The van der Waals surface area contributed by atoms with Gasteiger partial charge in [-0.1, -0.05) is 12.1 Å². The molecule has 1 aliphatic carbocycles. The summed E-state index contributed by atoms with van der Waals surface area (Å²) < 4.78 is 0. The summed E-state index contributed by atoms with van der Waals surface area (Å²) >= 11 is 0. The van der Waals surface area contributed by atoms with Gasteiger partial charge in [-0.05, 0) is 50.3 Å². The molecule has 28 heavy (non-hydrogen) atoms. The number of benzene rings is 1. The van der Waals surface area contributed by atoms with Crippen LogP contribution in [0.25, 0.3) is 11.1 Å². The topological polar surface area (TPSA) is 95.0 Å². The van der Waals surface area contributed by atoms with Crippen LogP contribution in [0.15, 0.2) is 36.7 Å². The first-order valence-electron chi connectivity index (χ1n) is 9.81. The molecule has 0 radical (unpaired) electrons. The number of nitrogens with one attached hydrogen (secondary N) is 1. The van der Waals surface area contributed by atoms with Crippen LogP contribution < -0.4 is 16.0 Å². The summed E-state index contributed by atoms with van der Waals surface area (Å²) in [6.45, 7) is 3.59. The van der Waals surface area contributed by atoms with Gasteiger partial charge in [-0.25, -0.2) is 0 Å². The third-order valence-corrected chi connectivity index (χ3v) is 5.88. The fourth-order valence-electron chi connectivity index (χ4n) is 4.09. The van der Waals surface area contributed by atoms with E-state index in [-0.39, 0.29) is 17.5 Å². The normalized spacial score (nSPS) is 20.3. The Bertz CT molecular complexity index is 944. The van der Waals surface area contributed by atoms with Gasteiger partial charge in [-0.15, -0.1) is 0 Å². The van der Waals surface area contributed by atoms with Gasteiger partial charge in [-0.3, -0.25) is 9.78 Å². The molecule has 4 rings (SSSR count). The summed E-state index contributed by atoms with van der Waals surface area (Å²) in [4.78, 5) is 19.7. The molecule has 2 aromatic rings. The molecule has 6 heteroatoms. The second-order valence-corrected chi connectivity index (χ2v) is 8.14. The summed E-state index contributed by atoms with van der Waals surface area (Å²) in [6.07, 6.45) is 7.45. The molecule has 0 unspecified atom stereocenters. The van der Waals surface area contributed by atoms with Gasteiger partial charge < -0.3 is 16.0 Å². The van der Waals surface area contributed by atoms with E-state index in [0.29, 0.717) is 17.7 Å². The summed E-state index contributed by atoms with van der Waals surface area (Å²) in [5, 5.41) is 12.5. The van der Waals surface area contributed by atoms with Crippen LogP contribution in [0, 0.1) is 11.3 Å². The van der Waals surface area contributed by atoms with Gasteiger partial charge in [0.1, 0.15) is 0 Å². The zero-order valence-electron chi connectivity index (χ0n) is 16.1. The van der Waals surface area contributed by atoms with Crippen molar-refractivity contribution in [2.24, 2.45) is 5.73 Å². The Morgan fingerprint density at radius 1 is 1.39 bits per heavy atom. The molecular weight excluding hydrogens is 350 g/mol. The van der Waals surface area contributed by atoms with Crippen molar-refractivity contribution in [2.45, 2.75) is 44.2 Å². The first kappa shape index (κ1) is 18.5. The van der Waals surface area contributed by atoms with E-state index >= 15 is 0 Å². The number of anilines is 1. The van der Waals surface area contributed by atoms with E-state index in [2.05, 4.69) is 28.2 Å². The van der Waals surface area contributed by atoms with Crippen molar-refractivity contribution in [3.8, 4) is 17.2 Å². The molecule has 2 heterocycles. The number of nitriles is 1. The van der Waals surface area contributed by atoms with Crippen molar-refractivity contribution < 1.29 is 4.79 Å². The highest BCUT2D eigenvalue weighted by Gasteiger charge is 2.35. The van der Waals surface area contributed by atoms with Crippen LogP contribution in [0.2, 0.25) is 0 Å². The largest absolute Gasteiger partial charge is 0.369 e.